The molecule has 0 aromatic heterocycles. The molecule has 21 heavy (non-hydrogen) atoms. The quantitative estimate of drug-likeness (QED) is 0.420. The third kappa shape index (κ3) is 4.96. The van der Waals surface area contributed by atoms with E-state index in [2.05, 4.69) is 4.72 Å². The lowest BCUT2D eigenvalue weighted by Gasteiger charge is -2.11. The van der Waals surface area contributed by atoms with Crippen molar-refractivity contribution in [1.29, 1.82) is 0 Å². The van der Waals surface area contributed by atoms with Crippen molar-refractivity contribution in [1.82, 2.24) is 4.72 Å². The Kier molecular flexibility index (Phi) is 6.06. The van der Waals surface area contributed by atoms with Crippen molar-refractivity contribution in [2.24, 2.45) is 0 Å². The number of aliphatic hydroxyl groups excluding tert-OH is 1. The minimum atomic E-state index is -3.82. The van der Waals surface area contributed by atoms with E-state index in [1.54, 1.807) is 6.92 Å². The van der Waals surface area contributed by atoms with Gasteiger partial charge in [-0.25, -0.2) is 13.1 Å². The maximum atomic E-state index is 12.1. The molecule has 1 unspecified atom stereocenters. The second kappa shape index (κ2) is 7.34. The van der Waals surface area contributed by atoms with Gasteiger partial charge in [-0.1, -0.05) is 0 Å². The fraction of sp³-hybridized carbons (Fsp3) is 0.500. The first-order valence-corrected chi connectivity index (χ1v) is 7.76. The summed E-state index contributed by atoms with van der Waals surface area (Å²) in [6.07, 6.45) is 0.454. The fourth-order valence-electron chi connectivity index (χ4n) is 1.67. The molecule has 0 aliphatic carbocycles. The molecule has 0 saturated carbocycles. The molecule has 1 aromatic carbocycles. The Hall–Kier alpha value is -1.71. The van der Waals surface area contributed by atoms with Gasteiger partial charge >= 0.3 is 0 Å². The van der Waals surface area contributed by atoms with Crippen LogP contribution in [0.2, 0.25) is 0 Å². The van der Waals surface area contributed by atoms with Crippen LogP contribution in [-0.2, 0) is 10.0 Å². The fourth-order valence-corrected chi connectivity index (χ4v) is 2.90. The number of methoxy groups -OCH3 is 1. The Morgan fingerprint density at radius 1 is 1.48 bits per heavy atom. The molecule has 0 spiro atoms. The van der Waals surface area contributed by atoms with Gasteiger partial charge in [-0.2, -0.15) is 0 Å². The highest BCUT2D eigenvalue weighted by molar-refractivity contribution is 7.89. The first kappa shape index (κ1) is 17.3. The van der Waals surface area contributed by atoms with Crippen molar-refractivity contribution >= 4 is 15.7 Å². The molecular weight excluding hydrogens is 300 g/mol. The summed E-state index contributed by atoms with van der Waals surface area (Å²) in [6.45, 7) is 1.78. The SMILES string of the molecule is COc1cc([N+](=O)[O-])ccc1S(=O)(=O)NCCCC(C)O. The van der Waals surface area contributed by atoms with Crippen LogP contribution in [0.1, 0.15) is 19.8 Å². The standard InChI is InChI=1S/C12H18N2O6S/c1-9(15)4-3-7-13-21(18,19)12-6-5-10(14(16)17)8-11(12)20-2/h5-6,8-9,13,15H,3-4,7H2,1-2H3. The molecule has 0 fully saturated rings. The van der Waals surface area contributed by atoms with Gasteiger partial charge in [-0.3, -0.25) is 10.1 Å². The van der Waals surface area contributed by atoms with Crippen LogP contribution < -0.4 is 9.46 Å². The molecule has 1 atom stereocenters. The number of hydrogen-bond acceptors (Lipinski definition) is 6. The van der Waals surface area contributed by atoms with Crippen LogP contribution in [0.4, 0.5) is 5.69 Å². The van der Waals surface area contributed by atoms with Crippen LogP contribution >= 0.6 is 0 Å². The lowest BCUT2D eigenvalue weighted by Crippen LogP contribution is -2.25. The Bertz CT molecular complexity index is 600. The van der Waals surface area contributed by atoms with E-state index in [0.29, 0.717) is 12.8 Å². The molecule has 118 valence electrons. The number of nitrogens with zero attached hydrogens (tertiary/aromatic N) is 1. The molecule has 1 aromatic rings. The van der Waals surface area contributed by atoms with Gasteiger partial charge < -0.3 is 9.84 Å². The first-order chi connectivity index (χ1) is 9.77. The number of aliphatic hydroxyl groups is 1. The number of ether oxygens (including phenoxy) is 1. The number of benzene rings is 1. The zero-order valence-corrected chi connectivity index (χ0v) is 12.6. The molecular formula is C12H18N2O6S. The summed E-state index contributed by atoms with van der Waals surface area (Å²) >= 11 is 0. The molecule has 0 aliphatic rings. The van der Waals surface area contributed by atoms with Crippen molar-refractivity contribution in [2.45, 2.75) is 30.8 Å². The summed E-state index contributed by atoms with van der Waals surface area (Å²) < 4.78 is 31.5. The van der Waals surface area contributed by atoms with Gasteiger partial charge in [0.2, 0.25) is 10.0 Å². The molecule has 0 heterocycles. The summed E-state index contributed by atoms with van der Waals surface area (Å²) in [7, 11) is -2.58. The van der Waals surface area contributed by atoms with E-state index in [1.165, 1.54) is 7.11 Å². The largest absolute Gasteiger partial charge is 0.495 e. The second-order valence-electron chi connectivity index (χ2n) is 4.48. The van der Waals surface area contributed by atoms with Crippen molar-refractivity contribution in [3.63, 3.8) is 0 Å². The second-order valence-corrected chi connectivity index (χ2v) is 6.22. The molecule has 0 saturated heterocycles. The van der Waals surface area contributed by atoms with E-state index >= 15 is 0 Å². The number of nitrogens with one attached hydrogen (secondary N) is 1. The monoisotopic (exact) mass is 318 g/mol. The molecule has 8 nitrogen and oxygen atoms in total. The highest BCUT2D eigenvalue weighted by Crippen LogP contribution is 2.28. The van der Waals surface area contributed by atoms with Crippen LogP contribution in [0.25, 0.3) is 0 Å². The van der Waals surface area contributed by atoms with E-state index in [1.807, 2.05) is 0 Å². The Morgan fingerprint density at radius 3 is 2.67 bits per heavy atom. The van der Waals surface area contributed by atoms with Crippen molar-refractivity contribution < 1.29 is 23.2 Å². The number of hydrogen-bond donors (Lipinski definition) is 2. The number of nitro benzene ring substituents is 1. The van der Waals surface area contributed by atoms with Crippen molar-refractivity contribution in [3.8, 4) is 5.75 Å². The van der Waals surface area contributed by atoms with Crippen LogP contribution in [0, 0.1) is 10.1 Å². The number of rotatable bonds is 8. The molecule has 2 N–H and O–H groups in total. The molecule has 0 bridgehead atoms. The van der Waals surface area contributed by atoms with Gasteiger partial charge in [-0.15, -0.1) is 0 Å². The van der Waals surface area contributed by atoms with E-state index in [9.17, 15) is 18.5 Å². The third-order valence-electron chi connectivity index (χ3n) is 2.74. The average molecular weight is 318 g/mol. The summed E-state index contributed by atoms with van der Waals surface area (Å²) in [6, 6.07) is 3.30. The van der Waals surface area contributed by atoms with Gasteiger partial charge in [0.15, 0.2) is 0 Å². The van der Waals surface area contributed by atoms with Crippen LogP contribution in [0.3, 0.4) is 0 Å². The lowest BCUT2D eigenvalue weighted by atomic mass is 10.2. The minimum absolute atomic E-state index is 0.0905. The molecule has 0 radical (unpaired) electrons. The molecule has 0 aliphatic heterocycles. The average Bonchev–Trinajstić information content (AvgIpc) is 2.42. The highest BCUT2D eigenvalue weighted by Gasteiger charge is 2.21. The number of sulfonamides is 1. The maximum absolute atomic E-state index is 12.1. The van der Waals surface area contributed by atoms with E-state index in [4.69, 9.17) is 9.84 Å². The Balaban J connectivity index is 2.90. The van der Waals surface area contributed by atoms with Crippen molar-refractivity contribution in [2.75, 3.05) is 13.7 Å². The Morgan fingerprint density at radius 2 is 2.14 bits per heavy atom. The molecule has 1 rings (SSSR count). The predicted molar refractivity (Wildman–Crippen MR) is 75.8 cm³/mol. The van der Waals surface area contributed by atoms with Gasteiger partial charge in [0.1, 0.15) is 10.6 Å². The first-order valence-electron chi connectivity index (χ1n) is 6.28. The third-order valence-corrected chi connectivity index (χ3v) is 4.24. The Labute approximate surface area is 122 Å². The summed E-state index contributed by atoms with van der Waals surface area (Å²) in [5.74, 6) is -0.0905. The van der Waals surface area contributed by atoms with Gasteiger partial charge in [-0.05, 0) is 25.8 Å². The van der Waals surface area contributed by atoms with Gasteiger partial charge in [0.25, 0.3) is 5.69 Å². The van der Waals surface area contributed by atoms with Crippen LogP contribution in [-0.4, -0.2) is 38.2 Å². The number of non-ortho nitro benzene ring substituents is 1. The van der Waals surface area contributed by atoms with Crippen molar-refractivity contribution in [3.05, 3.63) is 28.3 Å². The predicted octanol–water partition coefficient (Wildman–Crippen LogP) is 1.04. The zero-order valence-electron chi connectivity index (χ0n) is 11.8. The minimum Gasteiger partial charge on any atom is -0.495 e. The smallest absolute Gasteiger partial charge is 0.273 e. The van der Waals surface area contributed by atoms with E-state index in [0.717, 1.165) is 18.2 Å². The molecule has 0 amide bonds. The van der Waals surface area contributed by atoms with E-state index in [-0.39, 0.29) is 22.9 Å². The van der Waals surface area contributed by atoms with Crippen LogP contribution in [0.15, 0.2) is 23.1 Å². The molecule has 9 heteroatoms. The van der Waals surface area contributed by atoms with Crippen LogP contribution in [0.5, 0.6) is 5.75 Å². The topological polar surface area (TPSA) is 119 Å². The lowest BCUT2D eigenvalue weighted by molar-refractivity contribution is -0.385. The van der Waals surface area contributed by atoms with Gasteiger partial charge in [0, 0.05) is 12.6 Å². The normalized spacial score (nSPS) is 12.9. The van der Waals surface area contributed by atoms with Gasteiger partial charge in [0.05, 0.1) is 24.2 Å². The summed E-state index contributed by atoms with van der Waals surface area (Å²) in [5.41, 5.74) is -0.250. The van der Waals surface area contributed by atoms with E-state index < -0.39 is 21.1 Å². The summed E-state index contributed by atoms with van der Waals surface area (Å²) in [4.78, 5) is 9.88. The number of nitro groups is 1. The summed E-state index contributed by atoms with van der Waals surface area (Å²) in [5, 5.41) is 19.8. The highest BCUT2D eigenvalue weighted by atomic mass is 32.2. The zero-order chi connectivity index (χ0) is 16.0. The maximum Gasteiger partial charge on any atom is 0.273 e.